The van der Waals surface area contributed by atoms with Gasteiger partial charge in [-0.2, -0.15) is 0 Å². The second-order valence-electron chi connectivity index (χ2n) is 6.77. The number of hydrogen-bond donors (Lipinski definition) is 1. The van der Waals surface area contributed by atoms with Crippen molar-refractivity contribution in [2.45, 2.75) is 20.3 Å². The number of anilines is 1. The van der Waals surface area contributed by atoms with E-state index in [2.05, 4.69) is 20.1 Å². The van der Waals surface area contributed by atoms with Crippen molar-refractivity contribution in [1.29, 1.82) is 0 Å². The molecule has 1 heterocycles. The Morgan fingerprint density at radius 2 is 1.89 bits per heavy atom. The molecule has 0 bridgehead atoms. The quantitative estimate of drug-likeness (QED) is 0.398. The summed E-state index contributed by atoms with van der Waals surface area (Å²) in [6.07, 6.45) is 1.91. The first kappa shape index (κ1) is 22.4. The van der Waals surface area contributed by atoms with Crippen molar-refractivity contribution in [3.05, 3.63) is 30.1 Å². The number of para-hydroxylation sites is 1. The molecule has 1 fully saturated rings. The Morgan fingerprint density at radius 1 is 1.21 bits per heavy atom. The van der Waals surface area contributed by atoms with Crippen molar-refractivity contribution < 1.29 is 12.8 Å². The molecule has 0 aliphatic carbocycles. The molecule has 2 rings (SSSR count). The van der Waals surface area contributed by atoms with Gasteiger partial charge in [0, 0.05) is 52.4 Å². The molecule has 1 aromatic carbocycles. The number of guanidine groups is 1. The van der Waals surface area contributed by atoms with E-state index in [0.29, 0.717) is 31.7 Å². The lowest BCUT2D eigenvalue weighted by atomic mass is 10.2. The molecule has 9 heteroatoms. The van der Waals surface area contributed by atoms with Gasteiger partial charge < -0.3 is 15.1 Å². The van der Waals surface area contributed by atoms with Crippen LogP contribution in [0.1, 0.15) is 20.3 Å². The molecule has 0 unspecified atom stereocenters. The number of rotatable bonds is 8. The molecule has 1 aliphatic rings. The third-order valence-electron chi connectivity index (χ3n) is 4.76. The van der Waals surface area contributed by atoms with Crippen LogP contribution < -0.4 is 10.2 Å². The van der Waals surface area contributed by atoms with Gasteiger partial charge in [-0.15, -0.1) is 0 Å². The number of nitrogens with one attached hydrogen (secondary N) is 1. The monoisotopic (exact) mass is 413 g/mol. The van der Waals surface area contributed by atoms with Crippen molar-refractivity contribution in [2.75, 3.05) is 63.5 Å². The second kappa shape index (κ2) is 10.6. The smallest absolute Gasteiger partial charge is 0.211 e. The zero-order valence-electron chi connectivity index (χ0n) is 17.1. The minimum atomic E-state index is -3.16. The van der Waals surface area contributed by atoms with E-state index in [1.807, 2.05) is 26.0 Å². The maximum atomic E-state index is 14.0. The van der Waals surface area contributed by atoms with Crippen LogP contribution in [0.15, 0.2) is 29.3 Å². The van der Waals surface area contributed by atoms with Gasteiger partial charge in [-0.05, 0) is 25.5 Å². The molecule has 28 heavy (non-hydrogen) atoms. The molecule has 1 aliphatic heterocycles. The van der Waals surface area contributed by atoms with Crippen LogP contribution in [0.5, 0.6) is 0 Å². The molecule has 7 nitrogen and oxygen atoms in total. The Hall–Kier alpha value is -1.87. The lowest BCUT2D eigenvalue weighted by Crippen LogP contribution is -2.52. The van der Waals surface area contributed by atoms with E-state index in [1.54, 1.807) is 6.07 Å². The SMILES string of the molecule is CCNC(=NCCCN(CC)S(C)(=O)=O)N1CCN(c2ccccc2F)CC1. The normalized spacial score (nSPS) is 16.0. The molecule has 0 saturated carbocycles. The average Bonchev–Trinajstić information content (AvgIpc) is 2.67. The van der Waals surface area contributed by atoms with Gasteiger partial charge >= 0.3 is 0 Å². The molecular weight excluding hydrogens is 381 g/mol. The second-order valence-corrected chi connectivity index (χ2v) is 8.75. The summed E-state index contributed by atoms with van der Waals surface area (Å²) >= 11 is 0. The van der Waals surface area contributed by atoms with E-state index in [4.69, 9.17) is 0 Å². The van der Waals surface area contributed by atoms with Crippen molar-refractivity contribution in [3.63, 3.8) is 0 Å². The number of halogens is 1. The first-order valence-electron chi connectivity index (χ1n) is 9.84. The van der Waals surface area contributed by atoms with Crippen LogP contribution in [-0.4, -0.2) is 82.2 Å². The number of benzene rings is 1. The highest BCUT2D eigenvalue weighted by molar-refractivity contribution is 7.88. The minimum absolute atomic E-state index is 0.192. The molecule has 0 aromatic heterocycles. The highest BCUT2D eigenvalue weighted by atomic mass is 32.2. The number of hydrogen-bond acceptors (Lipinski definition) is 4. The van der Waals surface area contributed by atoms with Gasteiger partial charge in [-0.25, -0.2) is 17.1 Å². The maximum Gasteiger partial charge on any atom is 0.211 e. The Morgan fingerprint density at radius 3 is 2.46 bits per heavy atom. The van der Waals surface area contributed by atoms with Crippen LogP contribution in [0, 0.1) is 5.82 Å². The predicted molar refractivity (Wildman–Crippen MR) is 113 cm³/mol. The van der Waals surface area contributed by atoms with Crippen LogP contribution in [0.4, 0.5) is 10.1 Å². The van der Waals surface area contributed by atoms with Crippen LogP contribution in [0.2, 0.25) is 0 Å². The highest BCUT2D eigenvalue weighted by Gasteiger charge is 2.21. The molecule has 1 saturated heterocycles. The minimum Gasteiger partial charge on any atom is -0.366 e. The third-order valence-corrected chi connectivity index (χ3v) is 6.13. The highest BCUT2D eigenvalue weighted by Crippen LogP contribution is 2.20. The van der Waals surface area contributed by atoms with E-state index >= 15 is 0 Å². The van der Waals surface area contributed by atoms with Crippen LogP contribution in [0.25, 0.3) is 0 Å². The van der Waals surface area contributed by atoms with Gasteiger partial charge in [-0.1, -0.05) is 19.1 Å². The van der Waals surface area contributed by atoms with E-state index in [-0.39, 0.29) is 5.82 Å². The summed E-state index contributed by atoms with van der Waals surface area (Å²) in [6.45, 7) is 9.08. The molecule has 1 N–H and O–H groups in total. The fourth-order valence-corrected chi connectivity index (χ4v) is 4.21. The Labute approximate surface area is 168 Å². The molecular formula is C19H32FN5O2S. The maximum absolute atomic E-state index is 14.0. The summed E-state index contributed by atoms with van der Waals surface area (Å²) in [5, 5.41) is 3.30. The summed E-state index contributed by atoms with van der Waals surface area (Å²) < 4.78 is 38.8. The Balaban J connectivity index is 1.90. The van der Waals surface area contributed by atoms with E-state index < -0.39 is 10.0 Å². The first-order chi connectivity index (χ1) is 13.4. The summed E-state index contributed by atoms with van der Waals surface area (Å²) in [6, 6.07) is 6.86. The Kier molecular flexibility index (Phi) is 8.50. The van der Waals surface area contributed by atoms with Crippen LogP contribution in [0.3, 0.4) is 0 Å². The predicted octanol–water partition coefficient (Wildman–Crippen LogP) is 1.58. The number of piperazine rings is 1. The van der Waals surface area contributed by atoms with E-state index in [1.165, 1.54) is 16.6 Å². The van der Waals surface area contributed by atoms with Gasteiger partial charge in [0.05, 0.1) is 11.9 Å². The summed E-state index contributed by atoms with van der Waals surface area (Å²) in [7, 11) is -3.16. The third kappa shape index (κ3) is 6.34. The fourth-order valence-electron chi connectivity index (χ4n) is 3.28. The van der Waals surface area contributed by atoms with E-state index in [0.717, 1.165) is 38.7 Å². The summed E-state index contributed by atoms with van der Waals surface area (Å²) in [5.74, 6) is 0.640. The molecule has 1 aromatic rings. The van der Waals surface area contributed by atoms with Gasteiger partial charge in [-0.3, -0.25) is 4.99 Å². The molecule has 0 atom stereocenters. The fraction of sp³-hybridized carbons (Fsp3) is 0.632. The average molecular weight is 414 g/mol. The topological polar surface area (TPSA) is 68.2 Å². The number of nitrogens with zero attached hydrogens (tertiary/aromatic N) is 4. The molecule has 0 amide bonds. The largest absolute Gasteiger partial charge is 0.366 e. The standard InChI is InChI=1S/C19H32FN5O2S/c1-4-21-19(22-11-8-12-25(5-2)28(3,26)27)24-15-13-23(14-16-24)18-10-7-6-9-17(18)20/h6-7,9-10H,4-5,8,11-16H2,1-3H3,(H,21,22). The van der Waals surface area contributed by atoms with Gasteiger partial charge in [0.1, 0.15) is 5.82 Å². The van der Waals surface area contributed by atoms with Crippen molar-refractivity contribution in [3.8, 4) is 0 Å². The van der Waals surface area contributed by atoms with Gasteiger partial charge in [0.2, 0.25) is 10.0 Å². The van der Waals surface area contributed by atoms with Gasteiger partial charge in [0.25, 0.3) is 0 Å². The lowest BCUT2D eigenvalue weighted by molar-refractivity contribution is 0.370. The van der Waals surface area contributed by atoms with Crippen molar-refractivity contribution in [1.82, 2.24) is 14.5 Å². The van der Waals surface area contributed by atoms with Gasteiger partial charge in [0.15, 0.2) is 5.96 Å². The molecule has 0 radical (unpaired) electrons. The van der Waals surface area contributed by atoms with Crippen molar-refractivity contribution >= 4 is 21.7 Å². The summed E-state index contributed by atoms with van der Waals surface area (Å²) in [5.41, 5.74) is 0.643. The zero-order chi connectivity index (χ0) is 20.6. The Bertz CT molecular complexity index is 748. The first-order valence-corrected chi connectivity index (χ1v) is 11.7. The lowest BCUT2D eigenvalue weighted by Gasteiger charge is -2.37. The number of aliphatic imine (C=N–C) groups is 1. The molecule has 0 spiro atoms. The molecule has 158 valence electrons. The van der Waals surface area contributed by atoms with Crippen LogP contribution >= 0.6 is 0 Å². The summed E-state index contributed by atoms with van der Waals surface area (Å²) in [4.78, 5) is 8.89. The number of sulfonamides is 1. The zero-order valence-corrected chi connectivity index (χ0v) is 17.9. The van der Waals surface area contributed by atoms with E-state index in [9.17, 15) is 12.8 Å². The van der Waals surface area contributed by atoms with Crippen molar-refractivity contribution in [2.24, 2.45) is 4.99 Å². The van der Waals surface area contributed by atoms with Crippen LogP contribution in [-0.2, 0) is 10.0 Å².